The number of nitrogens with two attached hydrogens (primary N) is 1. The molecule has 1 heterocycles. The molecule has 0 aliphatic rings. The van der Waals surface area contributed by atoms with Gasteiger partial charge in [0.1, 0.15) is 0 Å². The number of H-pyrrole nitrogens is 1. The summed E-state index contributed by atoms with van der Waals surface area (Å²) in [5, 5.41) is 0. The summed E-state index contributed by atoms with van der Waals surface area (Å²) >= 11 is 0. The first-order valence-corrected chi connectivity index (χ1v) is 5.91. The summed E-state index contributed by atoms with van der Waals surface area (Å²) in [5.74, 6) is 0. The molecule has 0 saturated heterocycles. The van der Waals surface area contributed by atoms with E-state index in [1.807, 2.05) is 12.4 Å². The Kier molecular flexibility index (Phi) is 3.83. The van der Waals surface area contributed by atoms with Crippen molar-refractivity contribution in [1.82, 2.24) is 4.98 Å². The molecule has 2 rings (SSSR count). The molecule has 0 radical (unpaired) electrons. The monoisotopic (exact) mass is 229 g/mol. The van der Waals surface area contributed by atoms with E-state index >= 15 is 0 Å². The number of likely N-dealkylation sites (N-methyl/N-ethyl adjacent to an activating group) is 1. The van der Waals surface area contributed by atoms with E-state index in [1.54, 1.807) is 0 Å². The molecule has 90 valence electrons. The average molecular weight is 229 g/mol. The van der Waals surface area contributed by atoms with Crippen LogP contribution in [0.2, 0.25) is 0 Å². The molecule has 2 aromatic rings. The number of aromatic amines is 1. The van der Waals surface area contributed by atoms with E-state index in [0.29, 0.717) is 6.54 Å². The van der Waals surface area contributed by atoms with Crippen LogP contribution >= 0.6 is 0 Å². The summed E-state index contributed by atoms with van der Waals surface area (Å²) < 4.78 is 0. The highest BCUT2D eigenvalue weighted by Crippen LogP contribution is 2.14. The molecular formula is C14H19N3. The van der Waals surface area contributed by atoms with Gasteiger partial charge in [-0.1, -0.05) is 12.1 Å². The van der Waals surface area contributed by atoms with Crippen molar-refractivity contribution in [2.24, 2.45) is 5.73 Å². The van der Waals surface area contributed by atoms with E-state index < -0.39 is 0 Å². The third kappa shape index (κ3) is 3.11. The second-order valence-electron chi connectivity index (χ2n) is 4.26. The molecule has 0 fully saturated rings. The standard InChI is InChI=1S/C14H19N3/c1-17(9-7-13-6-8-16-11-13)14-4-2-12(10-15)3-5-14/h2-6,8,11,16H,7,9-10,15H2,1H3. The zero-order chi connectivity index (χ0) is 12.1. The van der Waals surface area contributed by atoms with Crippen LogP contribution in [0.15, 0.2) is 42.7 Å². The van der Waals surface area contributed by atoms with Crippen LogP contribution in [0.3, 0.4) is 0 Å². The lowest BCUT2D eigenvalue weighted by atomic mass is 10.2. The number of benzene rings is 1. The van der Waals surface area contributed by atoms with E-state index in [2.05, 4.69) is 47.3 Å². The van der Waals surface area contributed by atoms with Crippen molar-refractivity contribution in [1.29, 1.82) is 0 Å². The average Bonchev–Trinajstić information content (AvgIpc) is 2.89. The van der Waals surface area contributed by atoms with Crippen LogP contribution < -0.4 is 10.6 Å². The molecule has 3 N–H and O–H groups in total. The molecule has 1 aromatic heterocycles. The third-order valence-corrected chi connectivity index (χ3v) is 3.01. The Bertz CT molecular complexity index is 431. The lowest BCUT2D eigenvalue weighted by molar-refractivity contribution is 0.877. The maximum atomic E-state index is 5.58. The number of nitrogens with zero attached hydrogens (tertiary/aromatic N) is 1. The molecule has 0 spiro atoms. The molecule has 0 unspecified atom stereocenters. The van der Waals surface area contributed by atoms with E-state index in [0.717, 1.165) is 13.0 Å². The van der Waals surface area contributed by atoms with E-state index in [1.165, 1.54) is 16.8 Å². The van der Waals surface area contributed by atoms with Crippen molar-refractivity contribution in [2.45, 2.75) is 13.0 Å². The van der Waals surface area contributed by atoms with Crippen molar-refractivity contribution in [3.8, 4) is 0 Å². The molecular weight excluding hydrogens is 210 g/mol. The second kappa shape index (κ2) is 5.55. The molecule has 0 atom stereocenters. The van der Waals surface area contributed by atoms with Crippen molar-refractivity contribution >= 4 is 5.69 Å². The Balaban J connectivity index is 1.92. The summed E-state index contributed by atoms with van der Waals surface area (Å²) in [6.07, 6.45) is 5.06. The fourth-order valence-corrected chi connectivity index (χ4v) is 1.83. The highest BCUT2D eigenvalue weighted by molar-refractivity contribution is 5.46. The van der Waals surface area contributed by atoms with Crippen LogP contribution in [0.5, 0.6) is 0 Å². The van der Waals surface area contributed by atoms with Crippen molar-refractivity contribution < 1.29 is 0 Å². The number of hydrogen-bond acceptors (Lipinski definition) is 2. The van der Waals surface area contributed by atoms with Gasteiger partial charge >= 0.3 is 0 Å². The molecule has 3 heteroatoms. The van der Waals surface area contributed by atoms with Crippen molar-refractivity contribution in [2.75, 3.05) is 18.5 Å². The quantitative estimate of drug-likeness (QED) is 0.825. The summed E-state index contributed by atoms with van der Waals surface area (Å²) in [6.45, 7) is 1.62. The summed E-state index contributed by atoms with van der Waals surface area (Å²) in [6, 6.07) is 10.5. The molecule has 0 amide bonds. The Morgan fingerprint density at radius 1 is 1.12 bits per heavy atom. The lowest BCUT2D eigenvalue weighted by Crippen LogP contribution is -2.20. The summed E-state index contributed by atoms with van der Waals surface area (Å²) in [4.78, 5) is 5.33. The van der Waals surface area contributed by atoms with Crippen LogP contribution in [0.25, 0.3) is 0 Å². The fraction of sp³-hybridized carbons (Fsp3) is 0.286. The Hall–Kier alpha value is -1.74. The Labute approximate surface area is 102 Å². The highest BCUT2D eigenvalue weighted by Gasteiger charge is 2.01. The minimum absolute atomic E-state index is 0.605. The van der Waals surface area contributed by atoms with Crippen LogP contribution in [0.1, 0.15) is 11.1 Å². The van der Waals surface area contributed by atoms with Gasteiger partial charge in [0.2, 0.25) is 0 Å². The van der Waals surface area contributed by atoms with Crippen LogP contribution in [0, 0.1) is 0 Å². The number of aromatic nitrogens is 1. The summed E-state index contributed by atoms with van der Waals surface area (Å²) in [7, 11) is 2.12. The highest BCUT2D eigenvalue weighted by atomic mass is 15.1. The van der Waals surface area contributed by atoms with E-state index in [9.17, 15) is 0 Å². The molecule has 0 aliphatic carbocycles. The SMILES string of the molecule is CN(CCc1cc[nH]c1)c1ccc(CN)cc1. The molecule has 0 bridgehead atoms. The largest absolute Gasteiger partial charge is 0.374 e. The normalized spacial score (nSPS) is 10.5. The topological polar surface area (TPSA) is 45.0 Å². The van der Waals surface area contributed by atoms with Crippen molar-refractivity contribution in [3.05, 3.63) is 53.9 Å². The fourth-order valence-electron chi connectivity index (χ4n) is 1.83. The number of anilines is 1. The molecule has 1 aromatic carbocycles. The zero-order valence-electron chi connectivity index (χ0n) is 10.2. The zero-order valence-corrected chi connectivity index (χ0v) is 10.2. The van der Waals surface area contributed by atoms with Gasteiger partial charge in [-0.2, -0.15) is 0 Å². The number of hydrogen-bond donors (Lipinski definition) is 2. The number of nitrogens with one attached hydrogen (secondary N) is 1. The van der Waals surface area contributed by atoms with Crippen LogP contribution in [-0.4, -0.2) is 18.6 Å². The van der Waals surface area contributed by atoms with Crippen LogP contribution in [0.4, 0.5) is 5.69 Å². The minimum atomic E-state index is 0.605. The molecule has 0 aliphatic heterocycles. The van der Waals surface area contributed by atoms with Gasteiger partial charge in [-0.15, -0.1) is 0 Å². The van der Waals surface area contributed by atoms with Crippen LogP contribution in [-0.2, 0) is 13.0 Å². The molecule has 17 heavy (non-hydrogen) atoms. The van der Waals surface area contributed by atoms with Gasteiger partial charge in [-0.3, -0.25) is 0 Å². The predicted octanol–water partition coefficient (Wildman–Crippen LogP) is 2.15. The maximum Gasteiger partial charge on any atom is 0.0363 e. The Morgan fingerprint density at radius 3 is 2.47 bits per heavy atom. The smallest absolute Gasteiger partial charge is 0.0363 e. The Morgan fingerprint density at radius 2 is 1.88 bits per heavy atom. The lowest BCUT2D eigenvalue weighted by Gasteiger charge is -2.19. The number of rotatable bonds is 5. The van der Waals surface area contributed by atoms with Gasteiger partial charge in [0.05, 0.1) is 0 Å². The van der Waals surface area contributed by atoms with Gasteiger partial charge in [0.15, 0.2) is 0 Å². The van der Waals surface area contributed by atoms with Gasteiger partial charge < -0.3 is 15.6 Å². The summed E-state index contributed by atoms with van der Waals surface area (Å²) in [5.41, 5.74) is 9.33. The first kappa shape index (κ1) is 11.7. The van der Waals surface area contributed by atoms with E-state index in [4.69, 9.17) is 5.73 Å². The molecule has 0 saturated carbocycles. The van der Waals surface area contributed by atoms with E-state index in [-0.39, 0.29) is 0 Å². The van der Waals surface area contributed by atoms with Gasteiger partial charge in [0, 0.05) is 38.2 Å². The second-order valence-corrected chi connectivity index (χ2v) is 4.26. The van der Waals surface area contributed by atoms with Gasteiger partial charge in [0.25, 0.3) is 0 Å². The minimum Gasteiger partial charge on any atom is -0.374 e. The first-order chi connectivity index (χ1) is 8.29. The predicted molar refractivity (Wildman–Crippen MR) is 72.1 cm³/mol. The van der Waals surface area contributed by atoms with Gasteiger partial charge in [-0.05, 0) is 35.7 Å². The third-order valence-electron chi connectivity index (χ3n) is 3.01. The van der Waals surface area contributed by atoms with Crippen molar-refractivity contribution in [3.63, 3.8) is 0 Å². The molecule has 3 nitrogen and oxygen atoms in total. The first-order valence-electron chi connectivity index (χ1n) is 5.91. The maximum absolute atomic E-state index is 5.58. The van der Waals surface area contributed by atoms with Gasteiger partial charge in [-0.25, -0.2) is 0 Å².